The monoisotopic (exact) mass is 478 g/mol. The van der Waals surface area contributed by atoms with Crippen molar-refractivity contribution in [1.29, 1.82) is 0 Å². The number of alkyl halides is 1. The second-order valence-electron chi connectivity index (χ2n) is 9.77. The van der Waals surface area contributed by atoms with Crippen LogP contribution >= 0.6 is 10.3 Å². The Bertz CT molecular complexity index is 1010. The van der Waals surface area contributed by atoms with E-state index in [1.807, 2.05) is 72.8 Å². The molecule has 0 saturated heterocycles. The SMILES string of the molecule is C=C[C@H]1C[C@H](OCc2ccccc2)[C@@H](F)[C@@H]1OS(c1ccccc1)(c1ccccc1)C(C)(C)C. The van der Waals surface area contributed by atoms with E-state index in [1.165, 1.54) is 0 Å². The van der Waals surface area contributed by atoms with Crippen molar-refractivity contribution < 1.29 is 13.3 Å². The summed E-state index contributed by atoms with van der Waals surface area (Å²) in [4.78, 5) is 2.19. The number of hydrogen-bond acceptors (Lipinski definition) is 2. The maximum absolute atomic E-state index is 16.1. The first-order chi connectivity index (χ1) is 16.4. The Morgan fingerprint density at radius 3 is 1.85 bits per heavy atom. The first-order valence-electron chi connectivity index (χ1n) is 11.9. The molecule has 0 aromatic heterocycles. The second kappa shape index (κ2) is 10.5. The van der Waals surface area contributed by atoms with Gasteiger partial charge in [-0.3, -0.25) is 0 Å². The zero-order valence-electron chi connectivity index (χ0n) is 20.3. The van der Waals surface area contributed by atoms with Crippen LogP contribution in [-0.2, 0) is 15.5 Å². The molecule has 180 valence electrons. The third-order valence-electron chi connectivity index (χ3n) is 6.47. The molecular formula is C30H35FO2S. The lowest BCUT2D eigenvalue weighted by atomic mass is 10.1. The lowest BCUT2D eigenvalue weighted by Gasteiger charge is -2.52. The molecule has 4 heteroatoms. The molecule has 3 aromatic carbocycles. The van der Waals surface area contributed by atoms with Crippen LogP contribution in [0.2, 0.25) is 0 Å². The summed E-state index contributed by atoms with van der Waals surface area (Å²) in [6.07, 6.45) is -0.00436. The van der Waals surface area contributed by atoms with E-state index in [0.29, 0.717) is 13.0 Å². The fourth-order valence-electron chi connectivity index (χ4n) is 4.76. The molecular weight excluding hydrogens is 443 g/mol. The van der Waals surface area contributed by atoms with Gasteiger partial charge in [0.2, 0.25) is 0 Å². The summed E-state index contributed by atoms with van der Waals surface area (Å²) in [6, 6.07) is 30.5. The molecule has 34 heavy (non-hydrogen) atoms. The Balaban J connectivity index is 1.69. The van der Waals surface area contributed by atoms with E-state index in [9.17, 15) is 0 Å². The second-order valence-corrected chi connectivity index (χ2v) is 13.2. The van der Waals surface area contributed by atoms with E-state index in [0.717, 1.165) is 15.4 Å². The molecule has 0 spiro atoms. The molecule has 4 rings (SSSR count). The summed E-state index contributed by atoms with van der Waals surface area (Å²) in [5, 5.41) is 0. The summed E-state index contributed by atoms with van der Waals surface area (Å²) in [7, 11) is -2.06. The van der Waals surface area contributed by atoms with Crippen LogP contribution in [0.25, 0.3) is 0 Å². The van der Waals surface area contributed by atoms with Crippen LogP contribution in [0.15, 0.2) is 113 Å². The van der Waals surface area contributed by atoms with E-state index in [4.69, 9.17) is 8.92 Å². The summed E-state index contributed by atoms with van der Waals surface area (Å²) >= 11 is 0. The standard InChI is InChI=1S/C30H35FO2S/c1-5-24-21-27(32-22-23-15-9-6-10-16-23)28(31)29(24)33-34(30(2,3)4,25-17-11-7-12-18-25)26-19-13-8-14-20-26/h5-20,24,27-29H,1,21-22H2,2-4H3/t24-,27-,28+,29+/m0/s1. The lowest BCUT2D eigenvalue weighted by Crippen LogP contribution is -2.37. The van der Waals surface area contributed by atoms with Crippen LogP contribution in [0.5, 0.6) is 0 Å². The van der Waals surface area contributed by atoms with Crippen LogP contribution in [-0.4, -0.2) is 23.1 Å². The van der Waals surface area contributed by atoms with Gasteiger partial charge in [-0.25, -0.2) is 4.39 Å². The smallest absolute Gasteiger partial charge is 0.154 e. The van der Waals surface area contributed by atoms with Crippen molar-refractivity contribution in [2.45, 2.75) is 66.7 Å². The Hall–Kier alpha value is -2.40. The minimum absolute atomic E-state index is 0.127. The van der Waals surface area contributed by atoms with Crippen molar-refractivity contribution in [3.05, 3.63) is 109 Å². The molecule has 1 aliphatic carbocycles. The zero-order valence-corrected chi connectivity index (χ0v) is 21.1. The minimum Gasteiger partial charge on any atom is -0.370 e. The van der Waals surface area contributed by atoms with E-state index in [-0.39, 0.29) is 10.7 Å². The molecule has 4 atom stereocenters. The topological polar surface area (TPSA) is 18.5 Å². The van der Waals surface area contributed by atoms with Gasteiger partial charge in [-0.1, -0.05) is 83.1 Å². The van der Waals surface area contributed by atoms with Crippen LogP contribution < -0.4 is 0 Å². The predicted molar refractivity (Wildman–Crippen MR) is 140 cm³/mol. The highest BCUT2D eigenvalue weighted by Crippen LogP contribution is 2.72. The number of ether oxygens (including phenoxy) is 1. The Morgan fingerprint density at radius 1 is 0.882 bits per heavy atom. The highest BCUT2D eigenvalue weighted by Gasteiger charge is 2.51. The van der Waals surface area contributed by atoms with Gasteiger partial charge in [-0.2, -0.15) is 0 Å². The first kappa shape index (κ1) is 24.7. The molecule has 0 aliphatic heterocycles. The molecule has 1 aliphatic rings. The van der Waals surface area contributed by atoms with E-state index in [2.05, 4.69) is 51.6 Å². The van der Waals surface area contributed by atoms with Crippen LogP contribution in [0.1, 0.15) is 32.8 Å². The van der Waals surface area contributed by atoms with Crippen LogP contribution in [0.3, 0.4) is 0 Å². The molecule has 0 radical (unpaired) electrons. The maximum Gasteiger partial charge on any atom is 0.154 e. The predicted octanol–water partition coefficient (Wildman–Crippen LogP) is 8.14. The third-order valence-corrected chi connectivity index (χ3v) is 10.6. The van der Waals surface area contributed by atoms with E-state index < -0.39 is 28.7 Å². The molecule has 3 aromatic rings. The Morgan fingerprint density at radius 2 is 1.38 bits per heavy atom. The fourth-order valence-corrected chi connectivity index (χ4v) is 8.62. The molecule has 0 N–H and O–H groups in total. The van der Waals surface area contributed by atoms with E-state index >= 15 is 4.39 Å². The summed E-state index contributed by atoms with van der Waals surface area (Å²) < 4.78 is 29.0. The summed E-state index contributed by atoms with van der Waals surface area (Å²) in [5.41, 5.74) is 1.04. The fraction of sp³-hybridized carbons (Fsp3) is 0.333. The highest BCUT2D eigenvalue weighted by molar-refractivity contribution is 8.31. The Kier molecular flexibility index (Phi) is 7.61. The van der Waals surface area contributed by atoms with Crippen molar-refractivity contribution in [1.82, 2.24) is 0 Å². The molecule has 2 nitrogen and oxygen atoms in total. The van der Waals surface area contributed by atoms with Gasteiger partial charge in [0.25, 0.3) is 0 Å². The van der Waals surface area contributed by atoms with Crippen LogP contribution in [0, 0.1) is 5.92 Å². The molecule has 1 saturated carbocycles. The lowest BCUT2D eigenvalue weighted by molar-refractivity contribution is -0.0160. The Labute approximate surface area is 205 Å². The summed E-state index contributed by atoms with van der Waals surface area (Å²) in [5.74, 6) is -0.127. The number of rotatable bonds is 8. The van der Waals surface area contributed by atoms with Gasteiger partial charge in [0, 0.05) is 20.5 Å². The zero-order chi connectivity index (χ0) is 24.2. The van der Waals surface area contributed by atoms with Gasteiger partial charge < -0.3 is 8.92 Å². The highest BCUT2D eigenvalue weighted by atomic mass is 32.3. The minimum atomic E-state index is -2.06. The van der Waals surface area contributed by atoms with Crippen molar-refractivity contribution in [3.63, 3.8) is 0 Å². The number of benzene rings is 3. The van der Waals surface area contributed by atoms with Gasteiger partial charge >= 0.3 is 0 Å². The van der Waals surface area contributed by atoms with Crippen molar-refractivity contribution in [2.75, 3.05) is 0 Å². The molecule has 1 fully saturated rings. The summed E-state index contributed by atoms with van der Waals surface area (Å²) in [6.45, 7) is 11.0. The quantitative estimate of drug-likeness (QED) is 0.304. The van der Waals surface area contributed by atoms with Gasteiger partial charge in [-0.15, -0.1) is 6.58 Å². The van der Waals surface area contributed by atoms with Crippen LogP contribution in [0.4, 0.5) is 4.39 Å². The van der Waals surface area contributed by atoms with Gasteiger partial charge in [0.1, 0.15) is 6.10 Å². The average Bonchev–Trinajstić information content (AvgIpc) is 3.16. The average molecular weight is 479 g/mol. The molecule has 0 unspecified atom stereocenters. The van der Waals surface area contributed by atoms with E-state index in [1.54, 1.807) is 0 Å². The van der Waals surface area contributed by atoms with Crippen molar-refractivity contribution >= 4 is 10.3 Å². The maximum atomic E-state index is 16.1. The number of hydrogen-bond donors (Lipinski definition) is 0. The molecule has 0 amide bonds. The van der Waals surface area contributed by atoms with Gasteiger partial charge in [0.05, 0.1) is 12.7 Å². The first-order valence-corrected chi connectivity index (χ1v) is 13.5. The largest absolute Gasteiger partial charge is 0.370 e. The molecule has 0 bridgehead atoms. The third kappa shape index (κ3) is 4.86. The van der Waals surface area contributed by atoms with Crippen molar-refractivity contribution in [3.8, 4) is 0 Å². The van der Waals surface area contributed by atoms with Gasteiger partial charge in [0.15, 0.2) is 6.17 Å². The molecule has 0 heterocycles. The van der Waals surface area contributed by atoms with Crippen molar-refractivity contribution in [2.24, 2.45) is 5.92 Å². The van der Waals surface area contributed by atoms with Gasteiger partial charge in [-0.05, 0) is 57.0 Å². The number of halogens is 1. The normalized spacial score (nSPS) is 23.5.